The van der Waals surface area contributed by atoms with E-state index in [1.165, 1.54) is 0 Å². The molecule has 0 saturated heterocycles. The lowest BCUT2D eigenvalue weighted by Gasteiger charge is -2.28. The summed E-state index contributed by atoms with van der Waals surface area (Å²) in [4.78, 5) is 12.2. The maximum absolute atomic E-state index is 13.4. The van der Waals surface area contributed by atoms with Gasteiger partial charge in [-0.25, -0.2) is 8.78 Å². The number of aromatic hydroxyl groups is 1. The molecule has 8 heteroatoms. The number of hydrogen-bond acceptors (Lipinski definition) is 4. The summed E-state index contributed by atoms with van der Waals surface area (Å²) >= 11 is 0. The number of nitriles is 1. The minimum Gasteiger partial charge on any atom is -0.503 e. The molecule has 1 aliphatic carbocycles. The van der Waals surface area contributed by atoms with E-state index in [-0.39, 0.29) is 17.5 Å². The Morgan fingerprint density at radius 2 is 1.90 bits per heavy atom. The van der Waals surface area contributed by atoms with E-state index in [0.29, 0.717) is 12.1 Å². The minimum absolute atomic E-state index is 0.156. The standard InChI is InChI=1S/C22H20F2N4O2/c23-18-8-16(9-19(24)21(18)29)22(30)26-11-13-2-5-17(6-3-13)28-12-15-4-1-14(10-25)7-20(15)27-28/h1,4,7-9,12-13,17,29H,2-3,5-6,11H2,(H,26,30). The molecule has 1 heterocycles. The number of halogens is 2. The number of phenols is 1. The van der Waals surface area contributed by atoms with Gasteiger partial charge < -0.3 is 10.4 Å². The van der Waals surface area contributed by atoms with Crippen LogP contribution in [-0.2, 0) is 0 Å². The van der Waals surface area contributed by atoms with Gasteiger partial charge in [0.1, 0.15) is 0 Å². The fraction of sp³-hybridized carbons (Fsp3) is 0.318. The summed E-state index contributed by atoms with van der Waals surface area (Å²) in [6.07, 6.45) is 5.59. The van der Waals surface area contributed by atoms with Gasteiger partial charge in [-0.2, -0.15) is 10.4 Å². The second-order valence-electron chi connectivity index (χ2n) is 7.67. The fourth-order valence-corrected chi connectivity index (χ4v) is 3.94. The summed E-state index contributed by atoms with van der Waals surface area (Å²) in [5, 5.41) is 26.5. The van der Waals surface area contributed by atoms with Crippen molar-refractivity contribution in [1.82, 2.24) is 15.1 Å². The molecular formula is C22H20F2N4O2. The maximum Gasteiger partial charge on any atom is 0.251 e. The number of phenolic OH excluding ortho intramolecular Hbond substituents is 1. The van der Waals surface area contributed by atoms with Gasteiger partial charge in [0.05, 0.1) is 23.2 Å². The van der Waals surface area contributed by atoms with Crippen molar-refractivity contribution in [2.45, 2.75) is 31.7 Å². The van der Waals surface area contributed by atoms with Crippen LogP contribution in [0.15, 0.2) is 36.5 Å². The molecule has 154 valence electrons. The summed E-state index contributed by atoms with van der Waals surface area (Å²) < 4.78 is 28.8. The number of nitrogens with zero attached hydrogens (tertiary/aromatic N) is 3. The Morgan fingerprint density at radius 1 is 1.20 bits per heavy atom. The highest BCUT2D eigenvalue weighted by Gasteiger charge is 2.24. The van der Waals surface area contributed by atoms with Crippen LogP contribution in [0.25, 0.3) is 10.9 Å². The molecule has 30 heavy (non-hydrogen) atoms. The van der Waals surface area contributed by atoms with Crippen molar-refractivity contribution >= 4 is 16.8 Å². The monoisotopic (exact) mass is 410 g/mol. The van der Waals surface area contributed by atoms with Crippen molar-refractivity contribution in [1.29, 1.82) is 5.26 Å². The number of benzene rings is 2. The van der Waals surface area contributed by atoms with E-state index in [4.69, 9.17) is 10.4 Å². The number of aromatic nitrogens is 2. The molecule has 0 atom stereocenters. The van der Waals surface area contributed by atoms with Crippen LogP contribution < -0.4 is 5.32 Å². The van der Waals surface area contributed by atoms with Gasteiger partial charge in [0, 0.05) is 23.7 Å². The zero-order valence-electron chi connectivity index (χ0n) is 16.1. The number of rotatable bonds is 4. The number of fused-ring (bicyclic) bond motifs is 1. The van der Waals surface area contributed by atoms with Gasteiger partial charge in [-0.1, -0.05) is 0 Å². The van der Waals surface area contributed by atoms with Crippen molar-refractivity contribution in [3.8, 4) is 11.8 Å². The van der Waals surface area contributed by atoms with Crippen molar-refractivity contribution in [2.24, 2.45) is 5.92 Å². The molecule has 0 radical (unpaired) electrons. The van der Waals surface area contributed by atoms with E-state index in [2.05, 4.69) is 16.5 Å². The number of hydrogen-bond donors (Lipinski definition) is 2. The van der Waals surface area contributed by atoms with Gasteiger partial charge >= 0.3 is 0 Å². The molecule has 0 unspecified atom stereocenters. The highest BCUT2D eigenvalue weighted by atomic mass is 19.1. The first-order chi connectivity index (χ1) is 14.4. The lowest BCUT2D eigenvalue weighted by molar-refractivity contribution is 0.0940. The zero-order chi connectivity index (χ0) is 21.3. The van der Waals surface area contributed by atoms with Gasteiger partial charge in [0.15, 0.2) is 17.4 Å². The van der Waals surface area contributed by atoms with Crippen LogP contribution in [0.3, 0.4) is 0 Å². The fourth-order valence-electron chi connectivity index (χ4n) is 3.94. The average molecular weight is 410 g/mol. The van der Waals surface area contributed by atoms with E-state index in [9.17, 15) is 13.6 Å². The smallest absolute Gasteiger partial charge is 0.251 e. The second kappa shape index (κ2) is 8.11. The molecule has 1 fully saturated rings. The molecule has 4 rings (SSSR count). The predicted octanol–water partition coefficient (Wildman–Crippen LogP) is 4.05. The van der Waals surface area contributed by atoms with Crippen molar-refractivity contribution in [3.05, 3.63) is 59.3 Å². The van der Waals surface area contributed by atoms with E-state index < -0.39 is 23.3 Å². The number of amides is 1. The van der Waals surface area contributed by atoms with E-state index in [0.717, 1.165) is 48.7 Å². The number of nitrogens with one attached hydrogen (secondary N) is 1. The first kappa shape index (κ1) is 19.8. The largest absolute Gasteiger partial charge is 0.503 e. The van der Waals surface area contributed by atoms with E-state index >= 15 is 0 Å². The Balaban J connectivity index is 1.33. The predicted molar refractivity (Wildman–Crippen MR) is 106 cm³/mol. The number of carbonyl (C=O) groups excluding carboxylic acids is 1. The lowest BCUT2D eigenvalue weighted by Crippen LogP contribution is -2.31. The van der Waals surface area contributed by atoms with Crippen molar-refractivity contribution in [2.75, 3.05) is 6.54 Å². The van der Waals surface area contributed by atoms with Crippen LogP contribution in [0.1, 0.15) is 47.6 Å². The SMILES string of the molecule is N#Cc1ccc2cn(C3CCC(CNC(=O)c4cc(F)c(O)c(F)c4)CC3)nc2c1. The molecule has 0 spiro atoms. The third-order valence-corrected chi connectivity index (χ3v) is 5.67. The topological polar surface area (TPSA) is 90.9 Å². The average Bonchev–Trinajstić information content (AvgIpc) is 3.19. The Bertz CT molecular complexity index is 1120. The van der Waals surface area contributed by atoms with Gasteiger partial charge in [0.2, 0.25) is 0 Å². The first-order valence-corrected chi connectivity index (χ1v) is 9.80. The third kappa shape index (κ3) is 3.96. The number of carbonyl (C=O) groups is 1. The van der Waals surface area contributed by atoms with Crippen LogP contribution in [0.4, 0.5) is 8.78 Å². The minimum atomic E-state index is -1.16. The molecule has 1 amide bonds. The van der Waals surface area contributed by atoms with Gasteiger partial charge in [-0.3, -0.25) is 9.48 Å². The summed E-state index contributed by atoms with van der Waals surface area (Å²) in [5.74, 6) is -3.70. The molecule has 3 aromatic rings. The summed E-state index contributed by atoms with van der Waals surface area (Å²) in [7, 11) is 0. The second-order valence-corrected chi connectivity index (χ2v) is 7.67. The molecule has 1 aliphatic rings. The quantitative estimate of drug-likeness (QED) is 0.679. The van der Waals surface area contributed by atoms with Crippen LogP contribution in [0.2, 0.25) is 0 Å². The van der Waals surface area contributed by atoms with Crippen LogP contribution in [0, 0.1) is 28.9 Å². The Morgan fingerprint density at radius 3 is 2.57 bits per heavy atom. The molecule has 0 bridgehead atoms. The summed E-state index contributed by atoms with van der Waals surface area (Å²) in [6.45, 7) is 0.419. The van der Waals surface area contributed by atoms with Crippen LogP contribution in [0.5, 0.6) is 5.75 Å². The summed E-state index contributed by atoms with van der Waals surface area (Å²) in [5.41, 5.74) is 1.23. The molecular weight excluding hydrogens is 390 g/mol. The zero-order valence-corrected chi connectivity index (χ0v) is 16.1. The van der Waals surface area contributed by atoms with Crippen molar-refractivity contribution in [3.63, 3.8) is 0 Å². The van der Waals surface area contributed by atoms with Gasteiger partial charge in [-0.15, -0.1) is 0 Å². The van der Waals surface area contributed by atoms with Crippen LogP contribution >= 0.6 is 0 Å². The molecule has 2 aromatic carbocycles. The van der Waals surface area contributed by atoms with Crippen LogP contribution in [-0.4, -0.2) is 27.3 Å². The highest BCUT2D eigenvalue weighted by molar-refractivity contribution is 5.94. The normalized spacial score (nSPS) is 18.8. The molecule has 2 N–H and O–H groups in total. The van der Waals surface area contributed by atoms with E-state index in [1.54, 1.807) is 12.1 Å². The molecule has 6 nitrogen and oxygen atoms in total. The Labute approximate surface area is 171 Å². The van der Waals surface area contributed by atoms with Gasteiger partial charge in [-0.05, 0) is 61.9 Å². The van der Waals surface area contributed by atoms with Crippen molar-refractivity contribution < 1.29 is 18.7 Å². The van der Waals surface area contributed by atoms with Gasteiger partial charge in [0.25, 0.3) is 5.91 Å². The van der Waals surface area contributed by atoms with E-state index in [1.807, 2.05) is 16.9 Å². The highest BCUT2D eigenvalue weighted by Crippen LogP contribution is 2.32. The maximum atomic E-state index is 13.4. The lowest BCUT2D eigenvalue weighted by atomic mass is 9.86. The summed E-state index contributed by atoms with van der Waals surface area (Å²) in [6, 6.07) is 9.48. The molecule has 0 aliphatic heterocycles. The Kier molecular flexibility index (Phi) is 5.36. The molecule has 1 aromatic heterocycles. The third-order valence-electron chi connectivity index (χ3n) is 5.67. The molecule has 1 saturated carbocycles. The Hall–Kier alpha value is -3.47. The first-order valence-electron chi connectivity index (χ1n) is 9.80.